The molecule has 1 N–H and O–H groups in total. The summed E-state index contributed by atoms with van der Waals surface area (Å²) in [6.45, 7) is 0. The Bertz CT molecular complexity index is 870. The molecule has 3 nitrogen and oxygen atoms in total. The van der Waals surface area contributed by atoms with Gasteiger partial charge in [-0.2, -0.15) is 13.2 Å². The van der Waals surface area contributed by atoms with Gasteiger partial charge in [0.15, 0.2) is 0 Å². The lowest BCUT2D eigenvalue weighted by Crippen LogP contribution is -2.14. The van der Waals surface area contributed by atoms with Gasteiger partial charge in [-0.05, 0) is 42.5 Å². The molecule has 0 spiro atoms. The first kappa shape index (κ1) is 15.0. The van der Waals surface area contributed by atoms with Crippen molar-refractivity contribution in [2.75, 3.05) is 5.32 Å². The first-order valence-electron chi connectivity index (χ1n) is 6.77. The number of rotatable bonds is 2. The fraction of sp³-hybridized carbons (Fsp3) is 0.0588. The third-order valence-electron chi connectivity index (χ3n) is 3.35. The summed E-state index contributed by atoms with van der Waals surface area (Å²) in [5.74, 6) is -0.604. The van der Waals surface area contributed by atoms with E-state index >= 15 is 0 Å². The molecule has 116 valence electrons. The number of hydrogen-bond donors (Lipinski definition) is 1. The highest BCUT2D eigenvalue weighted by molar-refractivity contribution is 6.08. The molecular formula is C17H11F3N2O. The highest BCUT2D eigenvalue weighted by Crippen LogP contribution is 2.30. The zero-order valence-corrected chi connectivity index (χ0v) is 11.8. The minimum absolute atomic E-state index is 0.0549. The number of nitrogens with zero attached hydrogens (tertiary/aromatic N) is 1. The first-order valence-corrected chi connectivity index (χ1v) is 6.77. The van der Waals surface area contributed by atoms with Crippen molar-refractivity contribution >= 4 is 22.5 Å². The number of anilines is 1. The van der Waals surface area contributed by atoms with Crippen molar-refractivity contribution in [3.05, 3.63) is 71.9 Å². The average molecular weight is 316 g/mol. The van der Waals surface area contributed by atoms with E-state index in [0.717, 1.165) is 17.5 Å². The monoisotopic (exact) mass is 316 g/mol. The molecule has 2 aromatic carbocycles. The molecule has 6 heteroatoms. The molecule has 0 radical (unpaired) electrons. The van der Waals surface area contributed by atoms with Gasteiger partial charge in [0.05, 0.1) is 16.8 Å². The number of amides is 1. The van der Waals surface area contributed by atoms with Crippen LogP contribution < -0.4 is 5.32 Å². The van der Waals surface area contributed by atoms with Crippen LogP contribution in [0.3, 0.4) is 0 Å². The van der Waals surface area contributed by atoms with Crippen molar-refractivity contribution in [2.45, 2.75) is 6.18 Å². The number of hydrogen-bond acceptors (Lipinski definition) is 2. The molecule has 0 atom stereocenters. The van der Waals surface area contributed by atoms with Crippen molar-refractivity contribution in [3.8, 4) is 0 Å². The van der Waals surface area contributed by atoms with Gasteiger partial charge in [0, 0.05) is 17.1 Å². The number of fused-ring (bicyclic) bond motifs is 1. The molecule has 1 amide bonds. The van der Waals surface area contributed by atoms with E-state index in [1.165, 1.54) is 12.1 Å². The summed E-state index contributed by atoms with van der Waals surface area (Å²) in [5, 5.41) is 3.35. The van der Waals surface area contributed by atoms with Crippen LogP contribution >= 0.6 is 0 Å². The van der Waals surface area contributed by atoms with Gasteiger partial charge in [0.1, 0.15) is 0 Å². The molecular weight excluding hydrogens is 305 g/mol. The number of benzene rings is 2. The summed E-state index contributed by atoms with van der Waals surface area (Å²) < 4.78 is 38.2. The Morgan fingerprint density at radius 2 is 1.78 bits per heavy atom. The van der Waals surface area contributed by atoms with E-state index in [1.54, 1.807) is 36.5 Å². The molecule has 3 aromatic rings. The van der Waals surface area contributed by atoms with Crippen LogP contribution in [0.25, 0.3) is 10.9 Å². The van der Waals surface area contributed by atoms with Gasteiger partial charge in [-0.15, -0.1) is 0 Å². The quantitative estimate of drug-likeness (QED) is 0.756. The molecule has 0 aliphatic carbocycles. The van der Waals surface area contributed by atoms with Gasteiger partial charge in [-0.3, -0.25) is 9.78 Å². The second-order valence-electron chi connectivity index (χ2n) is 4.91. The second kappa shape index (κ2) is 5.72. The summed E-state index contributed by atoms with van der Waals surface area (Å²) in [6, 6.07) is 13.0. The Labute approximate surface area is 129 Å². The van der Waals surface area contributed by atoms with E-state index in [9.17, 15) is 18.0 Å². The molecule has 0 fully saturated rings. The Morgan fingerprint density at radius 1 is 1.00 bits per heavy atom. The summed E-state index contributed by atoms with van der Waals surface area (Å²) in [5.41, 5.74) is 0.276. The van der Waals surface area contributed by atoms with Crippen molar-refractivity contribution in [2.24, 2.45) is 0 Å². The van der Waals surface area contributed by atoms with Crippen LogP contribution in [0, 0.1) is 0 Å². The van der Waals surface area contributed by atoms with Crippen LogP contribution in [-0.2, 0) is 6.18 Å². The van der Waals surface area contributed by atoms with Crippen LogP contribution in [-0.4, -0.2) is 10.9 Å². The topological polar surface area (TPSA) is 42.0 Å². The Hall–Kier alpha value is -2.89. The van der Waals surface area contributed by atoms with Crippen molar-refractivity contribution in [1.82, 2.24) is 4.98 Å². The van der Waals surface area contributed by atoms with Gasteiger partial charge in [-0.25, -0.2) is 0 Å². The summed E-state index contributed by atoms with van der Waals surface area (Å²) >= 11 is 0. The number of aromatic nitrogens is 1. The SMILES string of the molecule is O=C(Nc1cccc2ncccc12)c1cccc(C(F)(F)F)c1. The highest BCUT2D eigenvalue weighted by Gasteiger charge is 2.30. The third-order valence-corrected chi connectivity index (χ3v) is 3.35. The zero-order valence-electron chi connectivity index (χ0n) is 11.8. The van der Waals surface area contributed by atoms with Crippen LogP contribution in [0.1, 0.15) is 15.9 Å². The minimum atomic E-state index is -4.49. The van der Waals surface area contributed by atoms with Crippen LogP contribution in [0.15, 0.2) is 60.8 Å². The van der Waals surface area contributed by atoms with E-state index in [1.807, 2.05) is 0 Å². The molecule has 1 heterocycles. The zero-order chi connectivity index (χ0) is 16.4. The van der Waals surface area contributed by atoms with Gasteiger partial charge in [0.25, 0.3) is 5.91 Å². The van der Waals surface area contributed by atoms with Crippen LogP contribution in [0.5, 0.6) is 0 Å². The number of halogens is 3. The van der Waals surface area contributed by atoms with E-state index in [0.29, 0.717) is 11.2 Å². The standard InChI is InChI=1S/C17H11F3N2O/c18-17(19,20)12-5-1-4-11(10-12)16(23)22-15-8-2-7-14-13(15)6-3-9-21-14/h1-10H,(H,22,23). The van der Waals surface area contributed by atoms with Crippen LogP contribution in [0.4, 0.5) is 18.9 Å². The normalized spacial score (nSPS) is 11.4. The molecule has 0 saturated heterocycles. The fourth-order valence-electron chi connectivity index (χ4n) is 2.24. The number of pyridine rings is 1. The van der Waals surface area contributed by atoms with E-state index in [4.69, 9.17) is 0 Å². The highest BCUT2D eigenvalue weighted by atomic mass is 19.4. The smallest absolute Gasteiger partial charge is 0.321 e. The van der Waals surface area contributed by atoms with Gasteiger partial charge >= 0.3 is 6.18 Å². The Kier molecular flexibility index (Phi) is 3.73. The molecule has 0 bridgehead atoms. The molecule has 0 aliphatic heterocycles. The minimum Gasteiger partial charge on any atom is -0.321 e. The molecule has 0 saturated carbocycles. The molecule has 23 heavy (non-hydrogen) atoms. The number of alkyl halides is 3. The molecule has 1 aromatic heterocycles. The summed E-state index contributed by atoms with van der Waals surface area (Å²) in [6.07, 6.45) is -2.86. The fourth-order valence-corrected chi connectivity index (χ4v) is 2.24. The summed E-state index contributed by atoms with van der Waals surface area (Å²) in [7, 11) is 0. The Balaban J connectivity index is 1.92. The lowest BCUT2D eigenvalue weighted by atomic mass is 10.1. The van der Waals surface area contributed by atoms with E-state index < -0.39 is 17.6 Å². The number of carbonyl (C=O) groups excluding carboxylic acids is 1. The average Bonchev–Trinajstić information content (AvgIpc) is 2.54. The van der Waals surface area contributed by atoms with Crippen LogP contribution in [0.2, 0.25) is 0 Å². The predicted molar refractivity (Wildman–Crippen MR) is 81.1 cm³/mol. The Morgan fingerprint density at radius 3 is 2.57 bits per heavy atom. The number of nitrogens with one attached hydrogen (secondary N) is 1. The lowest BCUT2D eigenvalue weighted by Gasteiger charge is -2.10. The predicted octanol–water partition coefficient (Wildman–Crippen LogP) is 4.51. The molecule has 0 unspecified atom stereocenters. The van der Waals surface area contributed by atoms with E-state index in [-0.39, 0.29) is 5.56 Å². The molecule has 0 aliphatic rings. The largest absolute Gasteiger partial charge is 0.416 e. The maximum atomic E-state index is 12.7. The maximum Gasteiger partial charge on any atom is 0.416 e. The second-order valence-corrected chi connectivity index (χ2v) is 4.91. The third kappa shape index (κ3) is 3.15. The van der Waals surface area contributed by atoms with Crippen molar-refractivity contribution in [1.29, 1.82) is 0 Å². The van der Waals surface area contributed by atoms with Gasteiger partial charge < -0.3 is 5.32 Å². The van der Waals surface area contributed by atoms with E-state index in [2.05, 4.69) is 10.3 Å². The van der Waals surface area contributed by atoms with Gasteiger partial charge in [-0.1, -0.05) is 12.1 Å². The maximum absolute atomic E-state index is 12.7. The first-order chi connectivity index (χ1) is 10.9. The van der Waals surface area contributed by atoms with Crippen molar-refractivity contribution in [3.63, 3.8) is 0 Å². The number of carbonyl (C=O) groups is 1. The lowest BCUT2D eigenvalue weighted by molar-refractivity contribution is -0.137. The van der Waals surface area contributed by atoms with Crippen molar-refractivity contribution < 1.29 is 18.0 Å². The van der Waals surface area contributed by atoms with Gasteiger partial charge in [0.2, 0.25) is 0 Å². The summed E-state index contributed by atoms with van der Waals surface area (Å²) in [4.78, 5) is 16.4. The molecule has 3 rings (SSSR count).